The van der Waals surface area contributed by atoms with Crippen LogP contribution < -0.4 is 10.6 Å². The van der Waals surface area contributed by atoms with Crippen molar-refractivity contribution in [1.82, 2.24) is 10.6 Å². The fourth-order valence-electron chi connectivity index (χ4n) is 3.20. The lowest BCUT2D eigenvalue weighted by atomic mass is 9.93. The van der Waals surface area contributed by atoms with Crippen LogP contribution in [0.15, 0.2) is 0 Å². The lowest BCUT2D eigenvalue weighted by Crippen LogP contribution is -2.48. The van der Waals surface area contributed by atoms with Gasteiger partial charge in [0.15, 0.2) is 0 Å². The van der Waals surface area contributed by atoms with E-state index in [1.165, 1.54) is 32.1 Å². The molecule has 0 heterocycles. The summed E-state index contributed by atoms with van der Waals surface area (Å²) in [6.45, 7) is 9.58. The first kappa shape index (κ1) is 16.5. The minimum absolute atomic E-state index is 0.0651. The highest BCUT2D eigenvalue weighted by Crippen LogP contribution is 2.33. The van der Waals surface area contributed by atoms with Crippen LogP contribution in [-0.4, -0.2) is 24.5 Å². The number of rotatable bonds is 8. The molecule has 3 nitrogen and oxygen atoms in total. The largest absolute Gasteiger partial charge is 0.355 e. The van der Waals surface area contributed by atoms with Gasteiger partial charge in [0.05, 0.1) is 6.04 Å². The molecule has 19 heavy (non-hydrogen) atoms. The zero-order chi connectivity index (χ0) is 14.3. The van der Waals surface area contributed by atoms with E-state index < -0.39 is 0 Å². The van der Waals surface area contributed by atoms with Crippen molar-refractivity contribution in [2.75, 3.05) is 6.54 Å². The van der Waals surface area contributed by atoms with Gasteiger partial charge in [-0.05, 0) is 38.0 Å². The Morgan fingerprint density at radius 1 is 1.26 bits per heavy atom. The van der Waals surface area contributed by atoms with E-state index >= 15 is 0 Å². The molecule has 0 saturated heterocycles. The molecule has 0 bridgehead atoms. The normalized spacial score (nSPS) is 28.3. The van der Waals surface area contributed by atoms with Crippen LogP contribution in [0.3, 0.4) is 0 Å². The molecule has 0 aromatic heterocycles. The molecule has 0 radical (unpaired) electrons. The Hall–Kier alpha value is -0.570. The number of nitrogens with one attached hydrogen (secondary N) is 2. The fourth-order valence-corrected chi connectivity index (χ4v) is 3.20. The molecule has 2 N–H and O–H groups in total. The van der Waals surface area contributed by atoms with Gasteiger partial charge < -0.3 is 10.6 Å². The minimum atomic E-state index is -0.0651. The molecule has 1 saturated carbocycles. The predicted octanol–water partition coefficient (Wildman–Crippen LogP) is 3.10. The van der Waals surface area contributed by atoms with Gasteiger partial charge in [0.2, 0.25) is 5.91 Å². The standard InChI is InChI=1S/C16H32N2O/c1-5-7-8-11-17-16(19)13(4)18-15-10-9-14(6-2)12(15)3/h12-15,18H,5-11H2,1-4H3,(H,17,19). The van der Waals surface area contributed by atoms with E-state index in [1.807, 2.05) is 6.92 Å². The second-order valence-electron chi connectivity index (χ2n) is 6.10. The van der Waals surface area contributed by atoms with Crippen LogP contribution in [0.4, 0.5) is 0 Å². The maximum absolute atomic E-state index is 12.0. The topological polar surface area (TPSA) is 41.1 Å². The smallest absolute Gasteiger partial charge is 0.236 e. The van der Waals surface area contributed by atoms with Gasteiger partial charge in [0.1, 0.15) is 0 Å². The maximum atomic E-state index is 12.0. The molecule has 1 rings (SSSR count). The lowest BCUT2D eigenvalue weighted by molar-refractivity contribution is -0.123. The molecule has 112 valence electrons. The molecule has 0 aliphatic heterocycles. The third-order valence-corrected chi connectivity index (χ3v) is 4.69. The Morgan fingerprint density at radius 3 is 2.58 bits per heavy atom. The Labute approximate surface area is 118 Å². The van der Waals surface area contributed by atoms with Crippen LogP contribution in [0.25, 0.3) is 0 Å². The molecule has 1 fully saturated rings. The van der Waals surface area contributed by atoms with Crippen LogP contribution in [0, 0.1) is 11.8 Å². The molecular formula is C16H32N2O. The van der Waals surface area contributed by atoms with E-state index in [4.69, 9.17) is 0 Å². The average molecular weight is 268 g/mol. The Balaban J connectivity index is 2.26. The molecule has 0 aromatic carbocycles. The van der Waals surface area contributed by atoms with Crippen molar-refractivity contribution >= 4 is 5.91 Å². The Kier molecular flexibility index (Phi) is 7.44. The van der Waals surface area contributed by atoms with Crippen LogP contribution in [-0.2, 0) is 4.79 Å². The lowest BCUT2D eigenvalue weighted by Gasteiger charge is -2.24. The van der Waals surface area contributed by atoms with Gasteiger partial charge in [-0.3, -0.25) is 4.79 Å². The van der Waals surface area contributed by atoms with Crippen molar-refractivity contribution in [1.29, 1.82) is 0 Å². The van der Waals surface area contributed by atoms with E-state index in [1.54, 1.807) is 0 Å². The van der Waals surface area contributed by atoms with Gasteiger partial charge in [-0.15, -0.1) is 0 Å². The summed E-state index contributed by atoms with van der Waals surface area (Å²) >= 11 is 0. The van der Waals surface area contributed by atoms with Crippen molar-refractivity contribution in [2.45, 2.75) is 78.3 Å². The number of hydrogen-bond acceptors (Lipinski definition) is 2. The zero-order valence-corrected chi connectivity index (χ0v) is 13.2. The van der Waals surface area contributed by atoms with E-state index in [-0.39, 0.29) is 11.9 Å². The van der Waals surface area contributed by atoms with E-state index in [0.29, 0.717) is 12.0 Å². The zero-order valence-electron chi connectivity index (χ0n) is 13.2. The molecule has 4 unspecified atom stereocenters. The predicted molar refractivity (Wildman–Crippen MR) is 81.1 cm³/mol. The second kappa shape index (κ2) is 8.57. The molecule has 3 heteroatoms. The number of unbranched alkanes of at least 4 members (excludes halogenated alkanes) is 2. The third kappa shape index (κ3) is 5.13. The molecule has 1 aliphatic carbocycles. The van der Waals surface area contributed by atoms with Crippen molar-refractivity contribution in [3.63, 3.8) is 0 Å². The monoisotopic (exact) mass is 268 g/mol. The van der Waals surface area contributed by atoms with E-state index in [9.17, 15) is 4.79 Å². The summed E-state index contributed by atoms with van der Waals surface area (Å²) in [6.07, 6.45) is 7.26. The number of carbonyl (C=O) groups excluding carboxylic acids is 1. The van der Waals surface area contributed by atoms with Crippen LogP contribution in [0.1, 0.15) is 66.2 Å². The fraction of sp³-hybridized carbons (Fsp3) is 0.938. The summed E-state index contributed by atoms with van der Waals surface area (Å²) in [6, 6.07) is 0.450. The maximum Gasteiger partial charge on any atom is 0.236 e. The van der Waals surface area contributed by atoms with E-state index in [2.05, 4.69) is 31.4 Å². The first-order valence-corrected chi connectivity index (χ1v) is 8.13. The van der Waals surface area contributed by atoms with Crippen LogP contribution in [0.2, 0.25) is 0 Å². The SMILES string of the molecule is CCCCCNC(=O)C(C)NC1CCC(CC)C1C. The summed E-state index contributed by atoms with van der Waals surface area (Å²) in [5, 5.41) is 6.55. The highest BCUT2D eigenvalue weighted by molar-refractivity contribution is 5.81. The van der Waals surface area contributed by atoms with Crippen molar-refractivity contribution in [3.05, 3.63) is 0 Å². The van der Waals surface area contributed by atoms with Gasteiger partial charge >= 0.3 is 0 Å². The number of hydrogen-bond donors (Lipinski definition) is 2. The molecule has 0 spiro atoms. The van der Waals surface area contributed by atoms with Gasteiger partial charge in [-0.25, -0.2) is 0 Å². The van der Waals surface area contributed by atoms with Crippen LogP contribution in [0.5, 0.6) is 0 Å². The summed E-state index contributed by atoms with van der Waals surface area (Å²) in [7, 11) is 0. The average Bonchev–Trinajstić information content (AvgIpc) is 2.75. The summed E-state index contributed by atoms with van der Waals surface area (Å²) in [4.78, 5) is 12.0. The quantitative estimate of drug-likeness (QED) is 0.664. The highest BCUT2D eigenvalue weighted by Gasteiger charge is 2.32. The number of carbonyl (C=O) groups is 1. The summed E-state index contributed by atoms with van der Waals surface area (Å²) < 4.78 is 0. The second-order valence-corrected chi connectivity index (χ2v) is 6.10. The molecule has 4 atom stereocenters. The van der Waals surface area contributed by atoms with Gasteiger partial charge in [0.25, 0.3) is 0 Å². The molecule has 0 aromatic rings. The third-order valence-electron chi connectivity index (χ3n) is 4.69. The van der Waals surface area contributed by atoms with E-state index in [0.717, 1.165) is 18.9 Å². The highest BCUT2D eigenvalue weighted by atomic mass is 16.2. The Bertz CT molecular complexity index is 267. The van der Waals surface area contributed by atoms with Crippen molar-refractivity contribution < 1.29 is 4.79 Å². The Morgan fingerprint density at radius 2 is 2.00 bits per heavy atom. The molecule has 1 aliphatic rings. The van der Waals surface area contributed by atoms with Crippen LogP contribution >= 0.6 is 0 Å². The molecular weight excluding hydrogens is 236 g/mol. The first-order chi connectivity index (χ1) is 9.10. The number of amides is 1. The van der Waals surface area contributed by atoms with Gasteiger partial charge in [0, 0.05) is 12.6 Å². The molecule has 1 amide bonds. The van der Waals surface area contributed by atoms with Crippen molar-refractivity contribution in [2.24, 2.45) is 11.8 Å². The minimum Gasteiger partial charge on any atom is -0.355 e. The first-order valence-electron chi connectivity index (χ1n) is 8.13. The van der Waals surface area contributed by atoms with Gasteiger partial charge in [-0.1, -0.05) is 40.0 Å². The van der Waals surface area contributed by atoms with Gasteiger partial charge in [-0.2, -0.15) is 0 Å². The summed E-state index contributed by atoms with van der Waals surface area (Å²) in [5.74, 6) is 1.68. The summed E-state index contributed by atoms with van der Waals surface area (Å²) in [5.41, 5.74) is 0. The van der Waals surface area contributed by atoms with Crippen molar-refractivity contribution in [3.8, 4) is 0 Å².